The number of pyridine rings is 3. The highest BCUT2D eigenvalue weighted by Gasteiger charge is 2.35. The monoisotopic (exact) mass is 615 g/mol. The first-order valence-electron chi connectivity index (χ1n) is 14.2. The van der Waals surface area contributed by atoms with Crippen molar-refractivity contribution in [2.45, 2.75) is 49.4 Å². The van der Waals surface area contributed by atoms with Crippen molar-refractivity contribution in [3.05, 3.63) is 71.5 Å². The van der Waals surface area contributed by atoms with Gasteiger partial charge in [-0.15, -0.1) is 6.42 Å². The lowest BCUT2D eigenvalue weighted by atomic mass is 10.1. The van der Waals surface area contributed by atoms with Gasteiger partial charge in [0.1, 0.15) is 10.7 Å². The second-order valence-corrected chi connectivity index (χ2v) is 12.9. The molecule has 5 heterocycles. The number of morpholine rings is 1. The number of anilines is 1. The molecule has 0 saturated carbocycles. The lowest BCUT2D eigenvalue weighted by Gasteiger charge is -2.36. The number of nitrogens with one attached hydrogen (secondary N) is 1. The summed E-state index contributed by atoms with van der Waals surface area (Å²) in [6.07, 6.45) is 7.11. The lowest BCUT2D eigenvalue weighted by molar-refractivity contribution is -0.00545. The first-order chi connectivity index (χ1) is 21.1. The fraction of sp³-hybridized carbons (Fsp3) is 0.312. The van der Waals surface area contributed by atoms with Gasteiger partial charge in [-0.2, -0.15) is 0 Å². The van der Waals surface area contributed by atoms with Crippen LogP contribution in [-0.4, -0.2) is 66.7 Å². The number of nitrogens with zero attached hydrogens (tertiary/aromatic N) is 4. The minimum Gasteiger partial charge on any atom is -0.491 e. The third-order valence-corrected chi connectivity index (χ3v) is 9.33. The summed E-state index contributed by atoms with van der Waals surface area (Å²) in [6.45, 7) is 5.48. The summed E-state index contributed by atoms with van der Waals surface area (Å²) in [4.78, 5) is 29.0. The van der Waals surface area contributed by atoms with Gasteiger partial charge >= 0.3 is 0 Å². The van der Waals surface area contributed by atoms with E-state index in [2.05, 4.69) is 21.1 Å². The van der Waals surface area contributed by atoms with Crippen molar-refractivity contribution in [2.75, 3.05) is 24.6 Å². The van der Waals surface area contributed by atoms with E-state index in [1.165, 1.54) is 6.07 Å². The molecule has 0 aliphatic carbocycles. The Balaban J connectivity index is 1.22. The van der Waals surface area contributed by atoms with Crippen LogP contribution in [0.15, 0.2) is 59.6 Å². The number of benzene rings is 1. The number of hydrogen-bond acceptors (Lipinski definition) is 9. The maximum atomic E-state index is 14.4. The average Bonchev–Trinajstić information content (AvgIpc) is 3.13. The number of carbonyl (C=O) groups is 1. The van der Waals surface area contributed by atoms with E-state index in [1.807, 2.05) is 44.2 Å². The predicted molar refractivity (Wildman–Crippen MR) is 163 cm³/mol. The van der Waals surface area contributed by atoms with Crippen LogP contribution in [0.3, 0.4) is 0 Å². The van der Waals surface area contributed by atoms with Gasteiger partial charge in [0.25, 0.3) is 5.91 Å². The van der Waals surface area contributed by atoms with Gasteiger partial charge in [0.05, 0.1) is 53.5 Å². The smallest absolute Gasteiger partial charge is 0.251 e. The van der Waals surface area contributed by atoms with Gasteiger partial charge in [-0.1, -0.05) is 12.0 Å². The molecule has 3 atom stereocenters. The Morgan fingerprint density at radius 2 is 1.89 bits per heavy atom. The quantitative estimate of drug-likeness (QED) is 0.331. The first kappa shape index (κ1) is 29.5. The maximum Gasteiger partial charge on any atom is 0.251 e. The van der Waals surface area contributed by atoms with Crippen molar-refractivity contribution < 1.29 is 27.1 Å². The summed E-state index contributed by atoms with van der Waals surface area (Å²) in [5.41, 5.74) is 0.479. The highest BCUT2D eigenvalue weighted by atomic mass is 32.2. The van der Waals surface area contributed by atoms with Gasteiger partial charge < -0.3 is 19.7 Å². The molecule has 2 aliphatic rings. The number of carbonyl (C=O) groups excluding carboxylic acids is 1. The van der Waals surface area contributed by atoms with Crippen LogP contribution in [0.25, 0.3) is 22.3 Å². The van der Waals surface area contributed by atoms with Crippen molar-refractivity contribution in [3.8, 4) is 29.5 Å². The number of terminal acetylenes is 1. The Hall–Kier alpha value is -4.60. The molecule has 1 aromatic carbocycles. The molecule has 226 valence electrons. The van der Waals surface area contributed by atoms with Crippen LogP contribution in [-0.2, 0) is 21.1 Å². The van der Waals surface area contributed by atoms with Crippen LogP contribution in [0.1, 0.15) is 41.9 Å². The van der Waals surface area contributed by atoms with Crippen LogP contribution < -0.4 is 15.0 Å². The minimum absolute atomic E-state index is 0.0271. The molecule has 44 heavy (non-hydrogen) atoms. The van der Waals surface area contributed by atoms with Crippen molar-refractivity contribution in [1.82, 2.24) is 20.3 Å². The maximum absolute atomic E-state index is 14.4. The second kappa shape index (κ2) is 11.8. The third kappa shape index (κ3) is 5.80. The molecule has 0 spiro atoms. The van der Waals surface area contributed by atoms with E-state index in [-0.39, 0.29) is 48.7 Å². The standard InChI is InChI=1S/C32H30FN5O5S/c1-4-21-12-23(13-28-31(21)42-11-10-29(33)44(28,40)41)32(39)35-16-24-14-27-22(15-34-24)8-9-26(36-27)25-6-5-7-30(37-25)38-17-19(2)43-20(3)18-38/h1,5-9,12-15,19-20,29H,10-11,16-18H2,2-3H3,(H,35,39)/t19-,20+,29-/m1/s1. The highest BCUT2D eigenvalue weighted by molar-refractivity contribution is 7.92. The predicted octanol–water partition coefficient (Wildman–Crippen LogP) is 4.07. The molecule has 1 fully saturated rings. The van der Waals surface area contributed by atoms with Crippen LogP contribution >= 0.6 is 0 Å². The van der Waals surface area contributed by atoms with Gasteiger partial charge in [-0.3, -0.25) is 9.78 Å². The number of rotatable bonds is 5. The van der Waals surface area contributed by atoms with E-state index in [0.717, 1.165) is 36.1 Å². The van der Waals surface area contributed by atoms with E-state index >= 15 is 0 Å². The van der Waals surface area contributed by atoms with Gasteiger partial charge in [-0.05, 0) is 56.3 Å². The second-order valence-electron chi connectivity index (χ2n) is 10.9. The molecule has 10 nitrogen and oxygen atoms in total. The van der Waals surface area contributed by atoms with Crippen molar-refractivity contribution in [1.29, 1.82) is 0 Å². The largest absolute Gasteiger partial charge is 0.491 e. The summed E-state index contributed by atoms with van der Waals surface area (Å²) in [5, 5.41) is 3.55. The van der Waals surface area contributed by atoms with E-state index in [1.54, 1.807) is 12.3 Å². The molecular weight excluding hydrogens is 585 g/mol. The molecule has 0 unspecified atom stereocenters. The topological polar surface area (TPSA) is 124 Å². The number of alkyl halides is 1. The Labute approximate surface area is 254 Å². The molecule has 2 aliphatic heterocycles. The molecule has 3 aromatic heterocycles. The zero-order valence-electron chi connectivity index (χ0n) is 24.2. The fourth-order valence-corrected chi connectivity index (χ4v) is 6.83. The van der Waals surface area contributed by atoms with E-state index < -0.39 is 26.1 Å². The molecule has 1 N–H and O–H groups in total. The lowest BCUT2D eigenvalue weighted by Crippen LogP contribution is -2.45. The molecule has 12 heteroatoms. The number of halogens is 1. The fourth-order valence-electron chi connectivity index (χ4n) is 5.42. The van der Waals surface area contributed by atoms with Gasteiger partial charge in [0.15, 0.2) is 5.75 Å². The summed E-state index contributed by atoms with van der Waals surface area (Å²) >= 11 is 0. The molecule has 1 amide bonds. The number of sulfone groups is 1. The van der Waals surface area contributed by atoms with E-state index in [4.69, 9.17) is 25.9 Å². The molecule has 0 radical (unpaired) electrons. The number of hydrogen-bond donors (Lipinski definition) is 1. The van der Waals surface area contributed by atoms with Crippen LogP contribution in [0.4, 0.5) is 10.2 Å². The number of ether oxygens (including phenoxy) is 2. The third-order valence-electron chi connectivity index (χ3n) is 7.51. The Morgan fingerprint density at radius 3 is 2.66 bits per heavy atom. The van der Waals surface area contributed by atoms with Gasteiger partial charge in [0, 0.05) is 36.7 Å². The summed E-state index contributed by atoms with van der Waals surface area (Å²) in [6, 6.07) is 13.9. The summed E-state index contributed by atoms with van der Waals surface area (Å²) in [7, 11) is -4.38. The molecule has 1 saturated heterocycles. The van der Waals surface area contributed by atoms with E-state index in [9.17, 15) is 17.6 Å². The molecule has 6 rings (SSSR count). The van der Waals surface area contributed by atoms with Crippen LogP contribution in [0, 0.1) is 12.3 Å². The number of amides is 1. The van der Waals surface area contributed by atoms with Crippen molar-refractivity contribution in [2.24, 2.45) is 0 Å². The van der Waals surface area contributed by atoms with Crippen LogP contribution in [0.5, 0.6) is 5.75 Å². The van der Waals surface area contributed by atoms with Crippen molar-refractivity contribution in [3.63, 3.8) is 0 Å². The zero-order chi connectivity index (χ0) is 31.0. The van der Waals surface area contributed by atoms with Crippen molar-refractivity contribution >= 4 is 32.5 Å². The summed E-state index contributed by atoms with van der Waals surface area (Å²) in [5.74, 6) is 2.49. The number of fused-ring (bicyclic) bond motifs is 2. The first-order valence-corrected chi connectivity index (χ1v) is 15.7. The normalized spacial score (nSPS) is 21.0. The SMILES string of the molecule is C#Cc1cc(C(=O)NCc2cc3nc(-c4cccc(N5C[C@@H](C)O[C@@H](C)C5)n4)ccc3cn2)cc2c1OCC[C@H](F)S2(=O)=O. The number of aromatic nitrogens is 3. The molecule has 4 aromatic rings. The van der Waals surface area contributed by atoms with Gasteiger partial charge in [-0.25, -0.2) is 22.8 Å². The Bertz CT molecular complexity index is 1900. The highest BCUT2D eigenvalue weighted by Crippen LogP contribution is 2.36. The minimum atomic E-state index is -4.38. The van der Waals surface area contributed by atoms with Gasteiger partial charge in [0.2, 0.25) is 15.3 Å². The molecule has 0 bridgehead atoms. The summed E-state index contributed by atoms with van der Waals surface area (Å²) < 4.78 is 51.2. The average molecular weight is 616 g/mol. The van der Waals surface area contributed by atoms with E-state index in [0.29, 0.717) is 16.9 Å². The molecular formula is C32H30FN5O5S. The zero-order valence-corrected chi connectivity index (χ0v) is 25.0. The Kier molecular flexibility index (Phi) is 7.92. The van der Waals surface area contributed by atoms with Crippen LogP contribution in [0.2, 0.25) is 0 Å². The Morgan fingerprint density at radius 1 is 1.11 bits per heavy atom.